The number of alkyl halides is 2. The first kappa shape index (κ1) is 24.7. The van der Waals surface area contributed by atoms with Gasteiger partial charge in [-0.05, 0) is 55.5 Å². The van der Waals surface area contributed by atoms with Gasteiger partial charge in [0.05, 0.1) is 24.4 Å². The first-order valence-electron chi connectivity index (χ1n) is 12.8. The molecule has 11 heteroatoms. The van der Waals surface area contributed by atoms with Gasteiger partial charge < -0.3 is 29.2 Å². The predicted octanol–water partition coefficient (Wildman–Crippen LogP) is 3.79. The van der Waals surface area contributed by atoms with Crippen LogP contribution in [0, 0.1) is 5.92 Å². The molecule has 4 aromatic rings. The van der Waals surface area contributed by atoms with Crippen LogP contribution in [0.5, 0.6) is 5.75 Å². The average molecular weight is 525 g/mol. The van der Waals surface area contributed by atoms with Crippen molar-refractivity contribution in [2.75, 3.05) is 20.2 Å². The van der Waals surface area contributed by atoms with Gasteiger partial charge in [0, 0.05) is 49.9 Å². The van der Waals surface area contributed by atoms with E-state index in [0.29, 0.717) is 22.7 Å². The van der Waals surface area contributed by atoms with Crippen molar-refractivity contribution in [3.05, 3.63) is 42.1 Å². The number of ether oxygens (including phenoxy) is 2. The molecule has 4 heterocycles. The Balaban J connectivity index is 1.37. The highest BCUT2D eigenvalue weighted by Gasteiger charge is 2.33. The number of fused-ring (bicyclic) bond motifs is 2. The van der Waals surface area contributed by atoms with Crippen molar-refractivity contribution < 1.29 is 23.0 Å². The monoisotopic (exact) mass is 524 g/mol. The molecule has 2 atom stereocenters. The fourth-order valence-electron chi connectivity index (χ4n) is 5.46. The predicted molar refractivity (Wildman–Crippen MR) is 138 cm³/mol. The van der Waals surface area contributed by atoms with Crippen LogP contribution in [0.25, 0.3) is 33.6 Å². The zero-order chi connectivity index (χ0) is 26.6. The van der Waals surface area contributed by atoms with Gasteiger partial charge in [-0.1, -0.05) is 0 Å². The number of hydrogen-bond acceptors (Lipinski definition) is 6. The highest BCUT2D eigenvalue weighted by Crippen LogP contribution is 2.37. The van der Waals surface area contributed by atoms with Crippen LogP contribution in [-0.4, -0.2) is 68.9 Å². The number of pyridine rings is 1. The Morgan fingerprint density at radius 3 is 2.76 bits per heavy atom. The Kier molecular flexibility index (Phi) is 6.27. The van der Waals surface area contributed by atoms with Gasteiger partial charge in [0.1, 0.15) is 16.9 Å². The second kappa shape index (κ2) is 9.63. The number of halogens is 2. The first-order valence-corrected chi connectivity index (χ1v) is 12.8. The zero-order valence-electron chi connectivity index (χ0n) is 21.3. The molecule has 38 heavy (non-hydrogen) atoms. The molecule has 3 aromatic heterocycles. The third-order valence-electron chi connectivity index (χ3n) is 7.58. The van der Waals surface area contributed by atoms with Gasteiger partial charge >= 0.3 is 6.61 Å². The molecule has 2 unspecified atom stereocenters. The van der Waals surface area contributed by atoms with Crippen LogP contribution in [0.1, 0.15) is 29.6 Å². The molecule has 0 bridgehead atoms. The van der Waals surface area contributed by atoms with Crippen molar-refractivity contribution in [1.29, 1.82) is 0 Å². The quantitative estimate of drug-likeness (QED) is 0.395. The van der Waals surface area contributed by atoms with E-state index >= 15 is 0 Å². The van der Waals surface area contributed by atoms with Crippen LogP contribution in [0.15, 0.2) is 36.5 Å². The Labute approximate surface area is 218 Å². The lowest BCUT2D eigenvalue weighted by Crippen LogP contribution is -2.54. The van der Waals surface area contributed by atoms with E-state index in [2.05, 4.69) is 26.4 Å². The lowest BCUT2D eigenvalue weighted by atomic mass is 10.0. The molecule has 6 rings (SSSR count). The average Bonchev–Trinajstić information content (AvgIpc) is 3.57. The maximum atomic E-state index is 13.4. The van der Waals surface area contributed by atoms with Crippen molar-refractivity contribution in [2.45, 2.75) is 44.6 Å². The van der Waals surface area contributed by atoms with Crippen LogP contribution in [0.2, 0.25) is 0 Å². The van der Waals surface area contributed by atoms with Crippen LogP contribution in [0.4, 0.5) is 8.78 Å². The minimum absolute atomic E-state index is 0.123. The number of likely N-dealkylation sites (tertiary alicyclic amines) is 1. The summed E-state index contributed by atoms with van der Waals surface area (Å²) in [6.45, 7) is -1.62. The molecule has 2 N–H and O–H groups in total. The number of methoxy groups -OCH3 is 1. The lowest BCUT2D eigenvalue weighted by molar-refractivity contribution is -0.175. The minimum Gasteiger partial charge on any atom is -0.494 e. The summed E-state index contributed by atoms with van der Waals surface area (Å²) >= 11 is 0. The number of hydrogen-bond donors (Lipinski definition) is 1. The molecule has 1 saturated heterocycles. The summed E-state index contributed by atoms with van der Waals surface area (Å²) in [5.41, 5.74) is 9.75. The molecule has 0 spiro atoms. The van der Waals surface area contributed by atoms with E-state index in [0.717, 1.165) is 34.6 Å². The molecular weight excluding hydrogens is 494 g/mol. The molecule has 1 saturated carbocycles. The number of amides is 1. The summed E-state index contributed by atoms with van der Waals surface area (Å²) in [6.07, 6.45) is 3.68. The van der Waals surface area contributed by atoms with Crippen LogP contribution < -0.4 is 10.5 Å². The van der Waals surface area contributed by atoms with Gasteiger partial charge in [0.2, 0.25) is 0 Å². The summed E-state index contributed by atoms with van der Waals surface area (Å²) in [7, 11) is 3.50. The van der Waals surface area contributed by atoms with Crippen molar-refractivity contribution in [1.82, 2.24) is 24.0 Å². The summed E-state index contributed by atoms with van der Waals surface area (Å²) in [5.74, 6) is 1.67. The number of nitrogens with zero attached hydrogens (tertiary/aromatic N) is 5. The van der Waals surface area contributed by atoms with Gasteiger partial charge in [-0.2, -0.15) is 8.78 Å². The number of imidazole rings is 1. The number of carbonyl (C=O) groups is 1. The van der Waals surface area contributed by atoms with Crippen molar-refractivity contribution in [3.8, 4) is 17.3 Å². The minimum atomic E-state index is -2.89. The maximum Gasteiger partial charge on any atom is 0.345 e. The molecule has 200 valence electrons. The van der Waals surface area contributed by atoms with E-state index in [9.17, 15) is 13.6 Å². The Morgan fingerprint density at radius 1 is 1.24 bits per heavy atom. The van der Waals surface area contributed by atoms with Crippen molar-refractivity contribution in [3.63, 3.8) is 0 Å². The molecule has 1 aromatic carbocycles. The molecule has 0 radical (unpaired) electrons. The number of carbonyl (C=O) groups excluding carboxylic acids is 1. The fraction of sp³-hybridized carbons (Fsp3) is 0.444. The largest absolute Gasteiger partial charge is 0.494 e. The number of rotatable bonds is 7. The van der Waals surface area contributed by atoms with Crippen LogP contribution >= 0.6 is 0 Å². The number of benzene rings is 1. The third kappa shape index (κ3) is 4.39. The number of aromatic nitrogens is 4. The first-order chi connectivity index (χ1) is 18.3. The smallest absolute Gasteiger partial charge is 0.345 e. The third-order valence-corrected chi connectivity index (χ3v) is 7.58. The highest BCUT2D eigenvalue weighted by molar-refractivity contribution is 6.00. The van der Waals surface area contributed by atoms with Gasteiger partial charge in [-0.3, -0.25) is 4.79 Å². The molecule has 9 nitrogen and oxygen atoms in total. The number of nitrogens with two attached hydrogens (primary N) is 1. The molecule has 1 amide bonds. The molecule has 1 aliphatic carbocycles. The summed E-state index contributed by atoms with van der Waals surface area (Å²) in [5, 5.41) is 1.05. The topological polar surface area (TPSA) is 100 Å². The fourth-order valence-corrected chi connectivity index (χ4v) is 5.46. The normalized spacial score (nSPS) is 20.1. The van der Waals surface area contributed by atoms with E-state index in [1.54, 1.807) is 30.3 Å². The SMILES string of the molecule is COc1cc(C(=O)N2CCC(OC(F)F)C(N)C2)cc2nc(-c3cc4cccnc4n3CC3CC3)n(C)c12. The van der Waals surface area contributed by atoms with Crippen molar-refractivity contribution >= 4 is 28.0 Å². The van der Waals surface area contributed by atoms with E-state index < -0.39 is 18.8 Å². The van der Waals surface area contributed by atoms with Gasteiger partial charge in [0.25, 0.3) is 5.91 Å². The second-order valence-corrected chi connectivity index (χ2v) is 10.2. The van der Waals surface area contributed by atoms with Crippen molar-refractivity contribution in [2.24, 2.45) is 18.7 Å². The van der Waals surface area contributed by atoms with E-state index in [-0.39, 0.29) is 25.4 Å². The van der Waals surface area contributed by atoms with Gasteiger partial charge in [-0.15, -0.1) is 0 Å². The molecule has 1 aliphatic heterocycles. The Morgan fingerprint density at radius 2 is 2.05 bits per heavy atom. The van der Waals surface area contributed by atoms with Gasteiger partial charge in [-0.25, -0.2) is 9.97 Å². The lowest BCUT2D eigenvalue weighted by Gasteiger charge is -2.36. The maximum absolute atomic E-state index is 13.4. The number of aryl methyl sites for hydroxylation is 1. The number of piperidine rings is 1. The van der Waals surface area contributed by atoms with Crippen LogP contribution in [-0.2, 0) is 18.3 Å². The zero-order valence-corrected chi connectivity index (χ0v) is 21.3. The highest BCUT2D eigenvalue weighted by atomic mass is 19.3. The summed E-state index contributed by atoms with van der Waals surface area (Å²) in [6, 6.07) is 8.84. The second-order valence-electron chi connectivity index (χ2n) is 10.2. The Hall–Kier alpha value is -3.57. The molecule has 2 fully saturated rings. The standard InChI is InChI=1S/C27H30F2N6O3/c1-33-23-19(32-25(33)20-11-16-4-3-8-31-24(16)35(20)13-15-5-6-15)10-17(12-22(23)37-2)26(36)34-9-7-21(18(30)14-34)38-27(28)29/h3-4,8,10-12,15,18,21,27H,5-7,9,13-14,30H2,1-2H3. The molecular formula is C27H30F2N6O3. The van der Waals surface area contributed by atoms with Crippen LogP contribution in [0.3, 0.4) is 0 Å². The van der Waals surface area contributed by atoms with E-state index in [4.69, 9.17) is 15.5 Å². The Bertz CT molecular complexity index is 1510. The summed E-state index contributed by atoms with van der Waals surface area (Å²) < 4.78 is 39.9. The van der Waals surface area contributed by atoms with E-state index in [1.807, 2.05) is 17.7 Å². The molecule has 2 aliphatic rings. The van der Waals surface area contributed by atoms with E-state index in [1.165, 1.54) is 12.8 Å². The summed E-state index contributed by atoms with van der Waals surface area (Å²) in [4.78, 5) is 24.6. The van der Waals surface area contributed by atoms with Gasteiger partial charge in [0.15, 0.2) is 5.82 Å².